The molecule has 1 fully saturated rings. The van der Waals surface area contributed by atoms with Crippen LogP contribution < -0.4 is 0 Å². The van der Waals surface area contributed by atoms with Crippen LogP contribution in [-0.2, 0) is 0 Å². The molecule has 0 radical (unpaired) electrons. The number of rotatable bonds is 15. The maximum absolute atomic E-state index is 2.46. The molecule has 0 aliphatic heterocycles. The fourth-order valence-corrected chi connectivity index (χ4v) is 4.90. The lowest BCUT2D eigenvalue weighted by atomic mass is 9.74. The van der Waals surface area contributed by atoms with E-state index < -0.39 is 0 Å². The molecule has 1 aliphatic rings. The van der Waals surface area contributed by atoms with Crippen molar-refractivity contribution in [2.24, 2.45) is 11.8 Å². The molecular formula is C24H49N. The molecule has 0 saturated heterocycles. The summed E-state index contributed by atoms with van der Waals surface area (Å²) in [5.74, 6) is 2.08. The Labute approximate surface area is 160 Å². The Morgan fingerprint density at radius 3 is 1.52 bits per heavy atom. The number of hydrogen-bond acceptors (Lipinski definition) is 1. The minimum absolute atomic E-state index is 0.857. The first-order valence-electron chi connectivity index (χ1n) is 11.8. The molecule has 1 unspecified atom stereocenters. The van der Waals surface area contributed by atoms with Crippen LogP contribution in [0.2, 0.25) is 0 Å². The molecule has 1 nitrogen and oxygen atoms in total. The fourth-order valence-electron chi connectivity index (χ4n) is 4.90. The van der Waals surface area contributed by atoms with Gasteiger partial charge in [0.05, 0.1) is 0 Å². The predicted octanol–water partition coefficient (Wildman–Crippen LogP) is 7.83. The quantitative estimate of drug-likeness (QED) is 0.272. The monoisotopic (exact) mass is 351 g/mol. The summed E-state index contributed by atoms with van der Waals surface area (Å²) in [5, 5.41) is 0. The predicted molar refractivity (Wildman–Crippen MR) is 114 cm³/mol. The van der Waals surface area contributed by atoms with Crippen molar-refractivity contribution >= 4 is 0 Å². The number of nitrogens with zero attached hydrogens (tertiary/aromatic N) is 1. The molecule has 150 valence electrons. The SMILES string of the molecule is CCCCCCCCC(CCCCCCC)C1CCC(N(C)C)CC1. The summed E-state index contributed by atoms with van der Waals surface area (Å²) < 4.78 is 0. The van der Waals surface area contributed by atoms with Gasteiger partial charge in [-0.3, -0.25) is 0 Å². The van der Waals surface area contributed by atoms with E-state index in [0.717, 1.165) is 17.9 Å². The summed E-state index contributed by atoms with van der Waals surface area (Å²) in [5.41, 5.74) is 0. The van der Waals surface area contributed by atoms with Gasteiger partial charge in [-0.25, -0.2) is 0 Å². The largest absolute Gasteiger partial charge is 0.306 e. The molecule has 0 N–H and O–H groups in total. The molecule has 0 aromatic heterocycles. The lowest BCUT2D eigenvalue weighted by molar-refractivity contribution is 0.146. The number of hydrogen-bond donors (Lipinski definition) is 0. The van der Waals surface area contributed by atoms with E-state index in [4.69, 9.17) is 0 Å². The van der Waals surface area contributed by atoms with Crippen molar-refractivity contribution in [1.29, 1.82) is 0 Å². The second kappa shape index (κ2) is 15.1. The maximum atomic E-state index is 2.46. The van der Waals surface area contributed by atoms with Gasteiger partial charge in [-0.1, -0.05) is 97.3 Å². The molecule has 1 atom stereocenters. The van der Waals surface area contributed by atoms with Crippen LogP contribution in [0.1, 0.15) is 123 Å². The van der Waals surface area contributed by atoms with Crippen molar-refractivity contribution in [3.8, 4) is 0 Å². The molecule has 1 aliphatic carbocycles. The van der Waals surface area contributed by atoms with E-state index in [1.807, 2.05) is 0 Å². The average molecular weight is 352 g/mol. The van der Waals surface area contributed by atoms with E-state index in [1.54, 1.807) is 0 Å². The second-order valence-corrected chi connectivity index (χ2v) is 9.05. The Hall–Kier alpha value is -0.0400. The Bertz CT molecular complexity index is 278. The van der Waals surface area contributed by atoms with Gasteiger partial charge in [-0.05, 0) is 51.6 Å². The zero-order valence-corrected chi connectivity index (χ0v) is 18.2. The molecular weight excluding hydrogens is 302 g/mol. The Balaban J connectivity index is 2.31. The lowest BCUT2D eigenvalue weighted by Crippen LogP contribution is -2.34. The highest BCUT2D eigenvalue weighted by Crippen LogP contribution is 2.37. The standard InChI is InChI=1S/C24H49N/c1-5-7-9-11-13-15-17-22(16-14-12-10-8-6-2)23-18-20-24(21-19-23)25(3)4/h22-24H,5-21H2,1-4H3. The summed E-state index contributed by atoms with van der Waals surface area (Å²) in [6.07, 6.45) is 24.9. The summed E-state index contributed by atoms with van der Waals surface area (Å²) in [6.45, 7) is 4.64. The van der Waals surface area contributed by atoms with Crippen LogP contribution in [0.15, 0.2) is 0 Å². The van der Waals surface area contributed by atoms with Gasteiger partial charge in [0.2, 0.25) is 0 Å². The molecule has 0 aromatic carbocycles. The molecule has 0 aromatic rings. The average Bonchev–Trinajstić information content (AvgIpc) is 2.62. The molecule has 0 amide bonds. The van der Waals surface area contributed by atoms with E-state index in [9.17, 15) is 0 Å². The third-order valence-corrected chi connectivity index (χ3v) is 6.75. The van der Waals surface area contributed by atoms with Gasteiger partial charge >= 0.3 is 0 Å². The van der Waals surface area contributed by atoms with Crippen molar-refractivity contribution < 1.29 is 0 Å². The van der Waals surface area contributed by atoms with Crippen LogP contribution in [0.25, 0.3) is 0 Å². The minimum Gasteiger partial charge on any atom is -0.306 e. The first kappa shape index (κ1) is 23.0. The normalized spacial score (nSPS) is 22.4. The highest BCUT2D eigenvalue weighted by atomic mass is 15.1. The third-order valence-electron chi connectivity index (χ3n) is 6.75. The first-order chi connectivity index (χ1) is 12.2. The molecule has 25 heavy (non-hydrogen) atoms. The highest BCUT2D eigenvalue weighted by molar-refractivity contribution is 4.81. The zero-order valence-electron chi connectivity index (χ0n) is 18.2. The van der Waals surface area contributed by atoms with Gasteiger partial charge in [0.1, 0.15) is 0 Å². The van der Waals surface area contributed by atoms with Gasteiger partial charge in [-0.15, -0.1) is 0 Å². The zero-order chi connectivity index (χ0) is 18.3. The number of unbranched alkanes of at least 4 members (excludes halogenated alkanes) is 9. The molecule has 1 rings (SSSR count). The van der Waals surface area contributed by atoms with Crippen molar-refractivity contribution in [2.45, 2.75) is 129 Å². The van der Waals surface area contributed by atoms with E-state index in [-0.39, 0.29) is 0 Å². The van der Waals surface area contributed by atoms with Gasteiger partial charge in [0.15, 0.2) is 0 Å². The molecule has 0 bridgehead atoms. The molecule has 0 heterocycles. The Morgan fingerprint density at radius 2 is 1.08 bits per heavy atom. The Morgan fingerprint density at radius 1 is 0.640 bits per heavy atom. The van der Waals surface area contributed by atoms with E-state index >= 15 is 0 Å². The highest BCUT2D eigenvalue weighted by Gasteiger charge is 2.27. The maximum Gasteiger partial charge on any atom is 0.00893 e. The lowest BCUT2D eigenvalue weighted by Gasteiger charge is -2.36. The van der Waals surface area contributed by atoms with Crippen LogP contribution >= 0.6 is 0 Å². The summed E-state index contributed by atoms with van der Waals surface area (Å²) in [7, 11) is 4.54. The van der Waals surface area contributed by atoms with Crippen LogP contribution in [0.4, 0.5) is 0 Å². The smallest absolute Gasteiger partial charge is 0.00893 e. The van der Waals surface area contributed by atoms with Crippen LogP contribution in [-0.4, -0.2) is 25.0 Å². The second-order valence-electron chi connectivity index (χ2n) is 9.05. The fraction of sp³-hybridized carbons (Fsp3) is 1.00. The van der Waals surface area contributed by atoms with E-state index in [2.05, 4.69) is 32.8 Å². The Kier molecular flexibility index (Phi) is 13.9. The first-order valence-corrected chi connectivity index (χ1v) is 11.8. The van der Waals surface area contributed by atoms with E-state index in [1.165, 1.54) is 109 Å². The minimum atomic E-state index is 0.857. The summed E-state index contributed by atoms with van der Waals surface area (Å²) >= 11 is 0. The van der Waals surface area contributed by atoms with Gasteiger partial charge in [0, 0.05) is 6.04 Å². The van der Waals surface area contributed by atoms with Crippen LogP contribution in [0.3, 0.4) is 0 Å². The van der Waals surface area contributed by atoms with Crippen molar-refractivity contribution in [2.75, 3.05) is 14.1 Å². The topological polar surface area (TPSA) is 3.24 Å². The van der Waals surface area contributed by atoms with Gasteiger partial charge in [0.25, 0.3) is 0 Å². The van der Waals surface area contributed by atoms with Crippen LogP contribution in [0, 0.1) is 11.8 Å². The van der Waals surface area contributed by atoms with Crippen molar-refractivity contribution in [1.82, 2.24) is 4.90 Å². The van der Waals surface area contributed by atoms with E-state index in [0.29, 0.717) is 0 Å². The van der Waals surface area contributed by atoms with Crippen molar-refractivity contribution in [3.63, 3.8) is 0 Å². The molecule has 1 heteroatoms. The summed E-state index contributed by atoms with van der Waals surface area (Å²) in [4.78, 5) is 2.46. The molecule has 1 saturated carbocycles. The summed E-state index contributed by atoms with van der Waals surface area (Å²) in [6, 6.07) is 0.857. The van der Waals surface area contributed by atoms with Crippen LogP contribution in [0.5, 0.6) is 0 Å². The van der Waals surface area contributed by atoms with Gasteiger partial charge in [-0.2, -0.15) is 0 Å². The van der Waals surface area contributed by atoms with Crippen molar-refractivity contribution in [3.05, 3.63) is 0 Å². The molecule has 0 spiro atoms. The van der Waals surface area contributed by atoms with Gasteiger partial charge < -0.3 is 4.90 Å². The third kappa shape index (κ3) is 10.6.